The Labute approximate surface area is 112 Å². The first-order valence-corrected chi connectivity index (χ1v) is 7.77. The van der Waals surface area contributed by atoms with Gasteiger partial charge in [-0.1, -0.05) is 6.92 Å². The molecule has 2 heterocycles. The van der Waals surface area contributed by atoms with Gasteiger partial charge >= 0.3 is 0 Å². The fraction of sp³-hybridized carbons (Fsp3) is 0.643. The topological polar surface area (TPSA) is 32.3 Å². The Morgan fingerprint density at radius 3 is 2.89 bits per heavy atom. The van der Waals surface area contributed by atoms with E-state index < -0.39 is 0 Å². The maximum atomic E-state index is 12.5. The zero-order chi connectivity index (χ0) is 12.7. The van der Waals surface area contributed by atoms with Gasteiger partial charge in [-0.2, -0.15) is 11.3 Å². The van der Waals surface area contributed by atoms with E-state index >= 15 is 0 Å². The third-order valence-corrected chi connectivity index (χ3v) is 4.90. The molecule has 0 radical (unpaired) electrons. The number of carbonyl (C=O) groups is 1. The van der Waals surface area contributed by atoms with Crippen molar-refractivity contribution in [3.05, 3.63) is 22.4 Å². The van der Waals surface area contributed by atoms with Crippen LogP contribution in [0.25, 0.3) is 0 Å². The van der Waals surface area contributed by atoms with Gasteiger partial charge in [-0.3, -0.25) is 10.1 Å². The highest BCUT2D eigenvalue weighted by atomic mass is 32.1. The number of carbonyl (C=O) groups excluding carboxylic acids is 1. The van der Waals surface area contributed by atoms with Crippen molar-refractivity contribution >= 4 is 17.2 Å². The molecule has 3 nitrogen and oxygen atoms in total. The monoisotopic (exact) mass is 264 g/mol. The van der Waals surface area contributed by atoms with E-state index in [1.165, 1.54) is 18.4 Å². The van der Waals surface area contributed by atoms with Gasteiger partial charge in [-0.15, -0.1) is 0 Å². The van der Waals surface area contributed by atoms with E-state index in [0.717, 1.165) is 6.42 Å². The van der Waals surface area contributed by atoms with Crippen molar-refractivity contribution in [1.29, 1.82) is 0 Å². The van der Waals surface area contributed by atoms with Crippen LogP contribution in [0.15, 0.2) is 16.8 Å². The van der Waals surface area contributed by atoms with Crippen LogP contribution in [-0.2, 0) is 4.79 Å². The largest absolute Gasteiger partial charge is 0.319 e. The second-order valence-electron chi connectivity index (χ2n) is 5.41. The predicted octanol–water partition coefficient (Wildman–Crippen LogP) is 2.76. The molecule has 1 aliphatic heterocycles. The molecule has 1 N–H and O–H groups in total. The summed E-state index contributed by atoms with van der Waals surface area (Å²) in [5.41, 5.74) is 1.23. The standard InChI is InChI=1S/C14H20N2OS/c1-3-12-14(17)16(9(2)10-4-5-10)13(15-12)11-6-7-18-8-11/h6-10,12-13,15H,3-5H2,1-2H3. The van der Waals surface area contributed by atoms with Gasteiger partial charge in [0.15, 0.2) is 0 Å². The lowest BCUT2D eigenvalue weighted by molar-refractivity contribution is -0.132. The Morgan fingerprint density at radius 1 is 1.56 bits per heavy atom. The van der Waals surface area contributed by atoms with Crippen LogP contribution in [0.3, 0.4) is 0 Å². The summed E-state index contributed by atoms with van der Waals surface area (Å²) in [6.07, 6.45) is 3.51. The molecular formula is C14H20N2OS. The van der Waals surface area contributed by atoms with E-state index in [1.807, 2.05) is 0 Å². The normalized spacial score (nSPS) is 29.9. The summed E-state index contributed by atoms with van der Waals surface area (Å²) in [5.74, 6) is 1.00. The number of nitrogens with zero attached hydrogens (tertiary/aromatic N) is 1. The Bertz CT molecular complexity index is 427. The van der Waals surface area contributed by atoms with Crippen LogP contribution >= 0.6 is 11.3 Å². The van der Waals surface area contributed by atoms with E-state index in [2.05, 4.69) is 40.9 Å². The van der Waals surface area contributed by atoms with Crippen LogP contribution in [0.4, 0.5) is 0 Å². The maximum absolute atomic E-state index is 12.5. The number of nitrogens with one attached hydrogen (secondary N) is 1. The molecule has 98 valence electrons. The molecule has 1 saturated heterocycles. The lowest BCUT2D eigenvalue weighted by atomic mass is 10.1. The second-order valence-corrected chi connectivity index (χ2v) is 6.19. The molecule has 4 heteroatoms. The van der Waals surface area contributed by atoms with Crippen LogP contribution in [0.5, 0.6) is 0 Å². The minimum Gasteiger partial charge on any atom is -0.319 e. The van der Waals surface area contributed by atoms with Crippen LogP contribution in [0, 0.1) is 5.92 Å². The Morgan fingerprint density at radius 2 is 2.33 bits per heavy atom. The van der Waals surface area contributed by atoms with Crippen LogP contribution < -0.4 is 5.32 Å². The average molecular weight is 264 g/mol. The lowest BCUT2D eigenvalue weighted by Crippen LogP contribution is -2.39. The number of hydrogen-bond donors (Lipinski definition) is 1. The molecule has 0 bridgehead atoms. The molecule has 1 amide bonds. The van der Waals surface area contributed by atoms with E-state index in [1.54, 1.807) is 11.3 Å². The van der Waals surface area contributed by atoms with E-state index in [0.29, 0.717) is 12.0 Å². The number of rotatable bonds is 4. The molecule has 3 atom stereocenters. The Kier molecular flexibility index (Phi) is 3.16. The van der Waals surface area contributed by atoms with Crippen LogP contribution in [-0.4, -0.2) is 22.9 Å². The van der Waals surface area contributed by atoms with Crippen molar-refractivity contribution < 1.29 is 4.79 Å². The molecule has 3 rings (SSSR count). The van der Waals surface area contributed by atoms with E-state index in [-0.39, 0.29) is 18.1 Å². The molecule has 1 aromatic heterocycles. The zero-order valence-corrected chi connectivity index (χ0v) is 11.7. The van der Waals surface area contributed by atoms with Crippen molar-refractivity contribution in [2.75, 3.05) is 0 Å². The first-order valence-electron chi connectivity index (χ1n) is 6.82. The molecule has 2 aliphatic rings. The fourth-order valence-corrected chi connectivity index (χ4v) is 3.55. The fourth-order valence-electron chi connectivity index (χ4n) is 2.87. The molecule has 1 aliphatic carbocycles. The van der Waals surface area contributed by atoms with Crippen molar-refractivity contribution in [2.24, 2.45) is 5.92 Å². The molecule has 1 saturated carbocycles. The summed E-state index contributed by atoms with van der Waals surface area (Å²) in [7, 11) is 0. The van der Waals surface area contributed by atoms with Gasteiger partial charge < -0.3 is 4.90 Å². The average Bonchev–Trinajstić information content (AvgIpc) is 2.97. The predicted molar refractivity (Wildman–Crippen MR) is 73.3 cm³/mol. The van der Waals surface area contributed by atoms with Crippen molar-refractivity contribution in [2.45, 2.75) is 51.4 Å². The minimum atomic E-state index is -0.00361. The smallest absolute Gasteiger partial charge is 0.241 e. The molecular weight excluding hydrogens is 244 g/mol. The molecule has 0 spiro atoms. The van der Waals surface area contributed by atoms with Crippen molar-refractivity contribution in [1.82, 2.24) is 10.2 Å². The van der Waals surface area contributed by atoms with Gasteiger partial charge in [0, 0.05) is 6.04 Å². The molecule has 18 heavy (non-hydrogen) atoms. The summed E-state index contributed by atoms with van der Waals surface area (Å²) >= 11 is 1.70. The quantitative estimate of drug-likeness (QED) is 0.907. The van der Waals surface area contributed by atoms with E-state index in [4.69, 9.17) is 0 Å². The summed E-state index contributed by atoms with van der Waals surface area (Å²) in [4.78, 5) is 14.6. The third-order valence-electron chi connectivity index (χ3n) is 4.20. The van der Waals surface area contributed by atoms with Gasteiger partial charge in [0.05, 0.1) is 6.04 Å². The molecule has 1 aromatic rings. The first-order chi connectivity index (χ1) is 8.72. The molecule has 2 fully saturated rings. The lowest BCUT2D eigenvalue weighted by Gasteiger charge is -2.30. The van der Waals surface area contributed by atoms with Crippen molar-refractivity contribution in [3.63, 3.8) is 0 Å². The number of hydrogen-bond acceptors (Lipinski definition) is 3. The van der Waals surface area contributed by atoms with Crippen LogP contribution in [0.1, 0.15) is 44.8 Å². The minimum absolute atomic E-state index is 0.00361. The highest BCUT2D eigenvalue weighted by Gasteiger charge is 2.45. The van der Waals surface area contributed by atoms with Gasteiger partial charge in [-0.25, -0.2) is 0 Å². The summed E-state index contributed by atoms with van der Waals surface area (Å²) in [5, 5.41) is 7.72. The van der Waals surface area contributed by atoms with E-state index in [9.17, 15) is 4.79 Å². The van der Waals surface area contributed by atoms with Gasteiger partial charge in [-0.05, 0) is 54.5 Å². The Balaban J connectivity index is 1.87. The first kappa shape index (κ1) is 12.2. The summed E-state index contributed by atoms with van der Waals surface area (Å²) < 4.78 is 0. The van der Waals surface area contributed by atoms with Gasteiger partial charge in [0.25, 0.3) is 0 Å². The Hall–Kier alpha value is -0.870. The van der Waals surface area contributed by atoms with Gasteiger partial charge in [0.1, 0.15) is 6.17 Å². The second kappa shape index (κ2) is 4.67. The summed E-state index contributed by atoms with van der Waals surface area (Å²) in [6.45, 7) is 4.28. The highest BCUT2D eigenvalue weighted by molar-refractivity contribution is 7.07. The highest BCUT2D eigenvalue weighted by Crippen LogP contribution is 2.40. The number of amides is 1. The third kappa shape index (κ3) is 1.97. The van der Waals surface area contributed by atoms with Gasteiger partial charge in [0.2, 0.25) is 5.91 Å². The zero-order valence-electron chi connectivity index (χ0n) is 10.9. The van der Waals surface area contributed by atoms with Crippen molar-refractivity contribution in [3.8, 4) is 0 Å². The molecule has 3 unspecified atom stereocenters. The number of thiophene rings is 1. The summed E-state index contributed by atoms with van der Waals surface area (Å²) in [6, 6.07) is 2.49. The SMILES string of the molecule is CCC1NC(c2ccsc2)N(C(C)C2CC2)C1=O. The van der Waals surface area contributed by atoms with Crippen LogP contribution in [0.2, 0.25) is 0 Å². The maximum Gasteiger partial charge on any atom is 0.241 e. The molecule has 0 aromatic carbocycles.